The lowest BCUT2D eigenvalue weighted by atomic mass is 9.96. The quantitative estimate of drug-likeness (QED) is 0.649. The van der Waals surface area contributed by atoms with Crippen molar-refractivity contribution in [1.82, 2.24) is 0 Å². The van der Waals surface area contributed by atoms with Crippen molar-refractivity contribution in [3.63, 3.8) is 0 Å². The summed E-state index contributed by atoms with van der Waals surface area (Å²) in [6.45, 7) is 5.40. The van der Waals surface area contributed by atoms with Crippen LogP contribution in [0.3, 0.4) is 0 Å². The molecule has 0 heterocycles. The van der Waals surface area contributed by atoms with Crippen LogP contribution in [0.1, 0.15) is 40.0 Å². The summed E-state index contributed by atoms with van der Waals surface area (Å²) in [5, 5.41) is 8.64. The molecule has 0 aliphatic rings. The van der Waals surface area contributed by atoms with Gasteiger partial charge in [0.1, 0.15) is 11.8 Å². The molecule has 0 bridgehead atoms. The van der Waals surface area contributed by atoms with Gasteiger partial charge in [0.2, 0.25) is 0 Å². The number of carboxylic acid groups (broad SMARTS) is 1. The van der Waals surface area contributed by atoms with E-state index in [9.17, 15) is 9.59 Å². The van der Waals surface area contributed by atoms with Crippen LogP contribution in [0.4, 0.5) is 0 Å². The van der Waals surface area contributed by atoms with E-state index in [0.29, 0.717) is 12.8 Å². The van der Waals surface area contributed by atoms with Gasteiger partial charge in [0.25, 0.3) is 0 Å². The zero-order valence-corrected chi connectivity index (χ0v) is 10.2. The average molecular weight is 227 g/mol. The second kappa shape index (κ2) is 7.17. The van der Waals surface area contributed by atoms with Crippen LogP contribution in [0, 0.1) is 5.92 Å². The van der Waals surface area contributed by atoms with E-state index in [1.165, 1.54) is 0 Å². The molecule has 0 fully saturated rings. The van der Waals surface area contributed by atoms with Gasteiger partial charge in [-0.15, -0.1) is 0 Å². The Balaban J connectivity index is 4.22. The number of rotatable bonds is 7. The van der Waals surface area contributed by atoms with Gasteiger partial charge in [-0.1, -0.05) is 18.6 Å². The Morgan fingerprint density at radius 3 is 2.31 bits per heavy atom. The molecule has 4 heteroatoms. The standard InChI is InChI=1S/C12H21NO3/c1-4-10(9(3)14)6-5-8(2)7-11(13)12(15)16/h5,10-11H,4,6-7,13H2,1-3H3,(H,15,16)/b8-5+/t10-,11-/m1/s1. The largest absolute Gasteiger partial charge is 0.480 e. The van der Waals surface area contributed by atoms with E-state index in [0.717, 1.165) is 12.0 Å². The summed E-state index contributed by atoms with van der Waals surface area (Å²) in [6, 6.07) is -0.853. The molecule has 92 valence electrons. The predicted molar refractivity (Wildman–Crippen MR) is 63.1 cm³/mol. The molecule has 4 nitrogen and oxygen atoms in total. The molecule has 0 aliphatic heterocycles. The maximum absolute atomic E-state index is 11.2. The predicted octanol–water partition coefficient (Wildman–Crippen LogP) is 1.74. The molecule has 0 rings (SSSR count). The van der Waals surface area contributed by atoms with Gasteiger partial charge in [-0.05, 0) is 33.1 Å². The number of Topliss-reactive ketones (excluding diaryl/α,β-unsaturated/α-hetero) is 1. The number of carbonyl (C=O) groups excluding carboxylic acids is 1. The van der Waals surface area contributed by atoms with E-state index < -0.39 is 12.0 Å². The Morgan fingerprint density at radius 1 is 1.38 bits per heavy atom. The Bertz CT molecular complexity index is 284. The minimum atomic E-state index is -0.994. The highest BCUT2D eigenvalue weighted by molar-refractivity contribution is 5.78. The highest BCUT2D eigenvalue weighted by Gasteiger charge is 2.13. The third-order valence-corrected chi connectivity index (χ3v) is 2.68. The zero-order chi connectivity index (χ0) is 12.7. The average Bonchev–Trinajstić information content (AvgIpc) is 2.17. The molecule has 16 heavy (non-hydrogen) atoms. The summed E-state index contributed by atoms with van der Waals surface area (Å²) >= 11 is 0. The summed E-state index contributed by atoms with van der Waals surface area (Å²) in [5.41, 5.74) is 6.33. The lowest BCUT2D eigenvalue weighted by molar-refractivity contribution is -0.138. The van der Waals surface area contributed by atoms with Crippen molar-refractivity contribution in [1.29, 1.82) is 0 Å². The monoisotopic (exact) mass is 227 g/mol. The van der Waals surface area contributed by atoms with Crippen LogP contribution in [-0.4, -0.2) is 22.9 Å². The number of allylic oxidation sites excluding steroid dienone is 1. The minimum absolute atomic E-state index is 0.0380. The fraction of sp³-hybridized carbons (Fsp3) is 0.667. The molecule has 0 aromatic rings. The van der Waals surface area contributed by atoms with Gasteiger partial charge in [0.05, 0.1) is 0 Å². The van der Waals surface area contributed by atoms with E-state index in [-0.39, 0.29) is 11.7 Å². The summed E-state index contributed by atoms with van der Waals surface area (Å²) < 4.78 is 0. The van der Waals surface area contributed by atoms with E-state index in [2.05, 4.69) is 0 Å². The van der Waals surface area contributed by atoms with Gasteiger partial charge in [0, 0.05) is 5.92 Å². The van der Waals surface area contributed by atoms with E-state index >= 15 is 0 Å². The summed E-state index contributed by atoms with van der Waals surface area (Å²) in [6.07, 6.45) is 3.73. The van der Waals surface area contributed by atoms with E-state index in [1.807, 2.05) is 19.9 Å². The molecule has 2 atom stereocenters. The highest BCUT2D eigenvalue weighted by Crippen LogP contribution is 2.13. The summed E-state index contributed by atoms with van der Waals surface area (Å²) in [5.74, 6) is -0.781. The number of ketones is 1. The van der Waals surface area contributed by atoms with Crippen molar-refractivity contribution in [2.24, 2.45) is 11.7 Å². The van der Waals surface area contributed by atoms with Gasteiger partial charge in [0.15, 0.2) is 0 Å². The topological polar surface area (TPSA) is 80.4 Å². The minimum Gasteiger partial charge on any atom is -0.480 e. The number of carbonyl (C=O) groups is 2. The third-order valence-electron chi connectivity index (χ3n) is 2.68. The van der Waals surface area contributed by atoms with Gasteiger partial charge in [-0.2, -0.15) is 0 Å². The molecule has 0 saturated heterocycles. The summed E-state index contributed by atoms with van der Waals surface area (Å²) in [4.78, 5) is 21.7. The second-order valence-corrected chi connectivity index (χ2v) is 4.15. The maximum atomic E-state index is 11.2. The van der Waals surface area contributed by atoms with Crippen molar-refractivity contribution in [2.75, 3.05) is 0 Å². The lowest BCUT2D eigenvalue weighted by Gasteiger charge is -2.10. The zero-order valence-electron chi connectivity index (χ0n) is 10.2. The van der Waals surface area contributed by atoms with Gasteiger partial charge in [-0.25, -0.2) is 0 Å². The van der Waals surface area contributed by atoms with Crippen LogP contribution in [0.2, 0.25) is 0 Å². The molecule has 0 amide bonds. The number of aliphatic carboxylic acids is 1. The molecule has 3 N–H and O–H groups in total. The van der Waals surface area contributed by atoms with Crippen LogP contribution in [0.15, 0.2) is 11.6 Å². The van der Waals surface area contributed by atoms with Crippen LogP contribution >= 0.6 is 0 Å². The molecule has 0 unspecified atom stereocenters. The Morgan fingerprint density at radius 2 is 1.94 bits per heavy atom. The maximum Gasteiger partial charge on any atom is 0.320 e. The molecule has 0 spiro atoms. The van der Waals surface area contributed by atoms with E-state index in [4.69, 9.17) is 10.8 Å². The van der Waals surface area contributed by atoms with Crippen molar-refractivity contribution in [2.45, 2.75) is 46.1 Å². The molecule has 0 aliphatic carbocycles. The molecule has 0 radical (unpaired) electrons. The van der Waals surface area contributed by atoms with Crippen LogP contribution < -0.4 is 5.73 Å². The Labute approximate surface area is 96.5 Å². The number of hydrogen-bond acceptors (Lipinski definition) is 3. The number of hydrogen-bond donors (Lipinski definition) is 2. The van der Waals surface area contributed by atoms with Crippen LogP contribution in [-0.2, 0) is 9.59 Å². The van der Waals surface area contributed by atoms with Crippen LogP contribution in [0.5, 0.6) is 0 Å². The third kappa shape index (κ3) is 5.66. The second-order valence-electron chi connectivity index (χ2n) is 4.15. The first-order chi connectivity index (χ1) is 7.38. The lowest BCUT2D eigenvalue weighted by Crippen LogP contribution is -2.30. The van der Waals surface area contributed by atoms with E-state index in [1.54, 1.807) is 6.92 Å². The molecule has 0 saturated carbocycles. The smallest absolute Gasteiger partial charge is 0.320 e. The Hall–Kier alpha value is -1.16. The van der Waals surface area contributed by atoms with Crippen molar-refractivity contribution in [3.8, 4) is 0 Å². The Kier molecular flexibility index (Phi) is 6.65. The summed E-state index contributed by atoms with van der Waals surface area (Å²) in [7, 11) is 0. The van der Waals surface area contributed by atoms with Gasteiger partial charge >= 0.3 is 5.97 Å². The fourth-order valence-electron chi connectivity index (χ4n) is 1.48. The first-order valence-electron chi connectivity index (χ1n) is 5.52. The first kappa shape index (κ1) is 14.8. The highest BCUT2D eigenvalue weighted by atomic mass is 16.4. The fourth-order valence-corrected chi connectivity index (χ4v) is 1.48. The molecular weight excluding hydrogens is 206 g/mol. The molecule has 0 aromatic heterocycles. The normalized spacial score (nSPS) is 15.6. The van der Waals surface area contributed by atoms with Crippen molar-refractivity contribution in [3.05, 3.63) is 11.6 Å². The van der Waals surface area contributed by atoms with Gasteiger partial charge in [-0.3, -0.25) is 9.59 Å². The van der Waals surface area contributed by atoms with Crippen molar-refractivity contribution < 1.29 is 14.7 Å². The number of nitrogens with two attached hydrogens (primary N) is 1. The van der Waals surface area contributed by atoms with Gasteiger partial charge < -0.3 is 10.8 Å². The first-order valence-corrected chi connectivity index (χ1v) is 5.52. The molecular formula is C12H21NO3. The molecule has 0 aromatic carbocycles. The SMILES string of the molecule is CC[C@H](C/C=C(\C)C[C@@H](N)C(=O)O)C(C)=O. The van der Waals surface area contributed by atoms with Crippen LogP contribution in [0.25, 0.3) is 0 Å². The van der Waals surface area contributed by atoms with Crippen molar-refractivity contribution >= 4 is 11.8 Å². The number of carboxylic acids is 1.